The molecule has 0 bridgehead atoms. The molecule has 1 aliphatic heterocycles. The molecule has 1 aliphatic carbocycles. The number of carbonyl (C=O) groups is 3. The van der Waals surface area contributed by atoms with Crippen LogP contribution in [0.1, 0.15) is 64.9 Å². The van der Waals surface area contributed by atoms with Crippen LogP contribution in [-0.2, 0) is 4.79 Å². The van der Waals surface area contributed by atoms with Crippen molar-refractivity contribution in [1.82, 2.24) is 20.2 Å². The van der Waals surface area contributed by atoms with Gasteiger partial charge in [0.1, 0.15) is 0 Å². The first-order valence-electron chi connectivity index (χ1n) is 11.3. The SMILES string of the molecule is Cc1ccc(C(=O)Nc2nccnc2C(=O)NC2CCN(C(=O)C3CCCC3)CC2)cc1. The lowest BCUT2D eigenvalue weighted by Gasteiger charge is -2.33. The Bertz CT molecular complexity index is 977. The van der Waals surface area contributed by atoms with Crippen LogP contribution >= 0.6 is 0 Å². The van der Waals surface area contributed by atoms with Crippen LogP contribution in [-0.4, -0.2) is 51.7 Å². The van der Waals surface area contributed by atoms with Crippen molar-refractivity contribution in [2.24, 2.45) is 5.92 Å². The Balaban J connectivity index is 1.34. The molecule has 1 saturated heterocycles. The second-order valence-electron chi connectivity index (χ2n) is 8.63. The van der Waals surface area contributed by atoms with Gasteiger partial charge in [-0.25, -0.2) is 9.97 Å². The minimum absolute atomic E-state index is 0.0437. The Morgan fingerprint density at radius 2 is 1.56 bits per heavy atom. The topological polar surface area (TPSA) is 104 Å². The molecule has 0 radical (unpaired) electrons. The van der Waals surface area contributed by atoms with Gasteiger partial charge in [-0.1, -0.05) is 30.5 Å². The third-order valence-corrected chi connectivity index (χ3v) is 6.31. The zero-order valence-corrected chi connectivity index (χ0v) is 18.3. The molecule has 32 heavy (non-hydrogen) atoms. The summed E-state index contributed by atoms with van der Waals surface area (Å²) < 4.78 is 0. The first-order chi connectivity index (χ1) is 15.5. The minimum Gasteiger partial charge on any atom is -0.348 e. The number of hydrogen-bond acceptors (Lipinski definition) is 5. The van der Waals surface area contributed by atoms with Gasteiger partial charge in [-0.2, -0.15) is 0 Å². The number of rotatable bonds is 5. The molecule has 2 aliphatic rings. The Kier molecular flexibility index (Phi) is 6.78. The summed E-state index contributed by atoms with van der Waals surface area (Å²) in [6, 6.07) is 7.10. The monoisotopic (exact) mass is 435 g/mol. The summed E-state index contributed by atoms with van der Waals surface area (Å²) in [5.74, 6) is -0.150. The van der Waals surface area contributed by atoms with E-state index in [2.05, 4.69) is 20.6 Å². The van der Waals surface area contributed by atoms with E-state index in [9.17, 15) is 14.4 Å². The summed E-state index contributed by atoms with van der Waals surface area (Å²) >= 11 is 0. The maximum absolute atomic E-state index is 12.9. The highest BCUT2D eigenvalue weighted by Crippen LogP contribution is 2.27. The van der Waals surface area contributed by atoms with Crippen LogP contribution < -0.4 is 10.6 Å². The number of likely N-dealkylation sites (tertiary alicyclic amines) is 1. The van der Waals surface area contributed by atoms with Crippen molar-refractivity contribution in [2.75, 3.05) is 18.4 Å². The Morgan fingerprint density at radius 1 is 0.906 bits per heavy atom. The number of nitrogens with zero attached hydrogens (tertiary/aromatic N) is 3. The lowest BCUT2D eigenvalue weighted by atomic mass is 10.0. The third-order valence-electron chi connectivity index (χ3n) is 6.31. The highest BCUT2D eigenvalue weighted by molar-refractivity contribution is 6.07. The van der Waals surface area contributed by atoms with Crippen LogP contribution in [0, 0.1) is 12.8 Å². The van der Waals surface area contributed by atoms with Crippen molar-refractivity contribution in [2.45, 2.75) is 51.5 Å². The summed E-state index contributed by atoms with van der Waals surface area (Å²) in [6.07, 6.45) is 8.56. The number of amides is 3. The highest BCUT2D eigenvalue weighted by atomic mass is 16.2. The molecular weight excluding hydrogens is 406 g/mol. The number of anilines is 1. The van der Waals surface area contributed by atoms with Crippen LogP contribution in [0.15, 0.2) is 36.7 Å². The summed E-state index contributed by atoms with van der Waals surface area (Å²) in [6.45, 7) is 3.25. The van der Waals surface area contributed by atoms with E-state index in [0.29, 0.717) is 31.5 Å². The standard InChI is InChI=1S/C24H29N5O3/c1-16-6-8-17(9-7-16)22(30)28-21-20(25-12-13-26-21)23(31)27-19-10-14-29(15-11-19)24(32)18-4-2-3-5-18/h6-9,12-13,18-19H,2-5,10-11,14-15H2,1H3,(H,27,31)(H,26,28,30). The van der Waals surface area contributed by atoms with Gasteiger partial charge in [0, 0.05) is 43.0 Å². The van der Waals surface area contributed by atoms with Crippen molar-refractivity contribution >= 4 is 23.5 Å². The Labute approximate surface area is 187 Å². The van der Waals surface area contributed by atoms with Crippen LogP contribution in [0.4, 0.5) is 5.82 Å². The van der Waals surface area contributed by atoms with Gasteiger partial charge in [0.05, 0.1) is 0 Å². The average molecular weight is 436 g/mol. The molecule has 0 atom stereocenters. The minimum atomic E-state index is -0.377. The quantitative estimate of drug-likeness (QED) is 0.751. The lowest BCUT2D eigenvalue weighted by molar-refractivity contribution is -0.136. The number of aromatic nitrogens is 2. The Hall–Kier alpha value is -3.29. The fraction of sp³-hybridized carbons (Fsp3) is 0.458. The van der Waals surface area contributed by atoms with Gasteiger partial charge in [-0.3, -0.25) is 14.4 Å². The smallest absolute Gasteiger partial charge is 0.273 e. The van der Waals surface area contributed by atoms with Gasteiger partial charge in [0.2, 0.25) is 5.91 Å². The molecule has 1 saturated carbocycles. The Morgan fingerprint density at radius 3 is 2.25 bits per heavy atom. The predicted octanol–water partition coefficient (Wildman–Crippen LogP) is 2.95. The van der Waals surface area contributed by atoms with Gasteiger partial charge in [0.25, 0.3) is 11.8 Å². The lowest BCUT2D eigenvalue weighted by Crippen LogP contribution is -2.48. The molecule has 1 aromatic carbocycles. The molecule has 2 N–H and O–H groups in total. The van der Waals surface area contributed by atoms with E-state index >= 15 is 0 Å². The molecule has 8 nitrogen and oxygen atoms in total. The van der Waals surface area contributed by atoms with Crippen LogP contribution in [0.3, 0.4) is 0 Å². The summed E-state index contributed by atoms with van der Waals surface area (Å²) in [4.78, 5) is 48.3. The van der Waals surface area contributed by atoms with Gasteiger partial charge in [-0.05, 0) is 44.7 Å². The normalized spacial score (nSPS) is 17.2. The van der Waals surface area contributed by atoms with Crippen LogP contribution in [0.5, 0.6) is 0 Å². The van der Waals surface area contributed by atoms with Crippen molar-refractivity contribution in [3.05, 3.63) is 53.5 Å². The van der Waals surface area contributed by atoms with Gasteiger partial charge in [0.15, 0.2) is 11.5 Å². The van der Waals surface area contributed by atoms with E-state index in [1.807, 2.05) is 24.0 Å². The number of hydrogen-bond donors (Lipinski definition) is 2. The van der Waals surface area contributed by atoms with Crippen LogP contribution in [0.2, 0.25) is 0 Å². The second kappa shape index (κ2) is 9.89. The molecule has 2 fully saturated rings. The number of carbonyl (C=O) groups excluding carboxylic acids is 3. The van der Waals surface area contributed by atoms with E-state index in [1.165, 1.54) is 12.4 Å². The molecule has 0 unspecified atom stereocenters. The molecule has 4 rings (SSSR count). The molecule has 168 valence electrons. The predicted molar refractivity (Wildman–Crippen MR) is 120 cm³/mol. The van der Waals surface area contributed by atoms with Gasteiger partial charge >= 0.3 is 0 Å². The molecule has 3 amide bonds. The first kappa shape index (κ1) is 21.9. The molecule has 2 aromatic rings. The zero-order chi connectivity index (χ0) is 22.5. The summed E-state index contributed by atoms with van der Waals surface area (Å²) in [5.41, 5.74) is 1.61. The number of nitrogens with one attached hydrogen (secondary N) is 2. The highest BCUT2D eigenvalue weighted by Gasteiger charge is 2.31. The van der Waals surface area contributed by atoms with Gasteiger partial charge < -0.3 is 15.5 Å². The van der Waals surface area contributed by atoms with Gasteiger partial charge in [-0.15, -0.1) is 0 Å². The fourth-order valence-corrected chi connectivity index (χ4v) is 4.41. The van der Waals surface area contributed by atoms with Crippen molar-refractivity contribution in [1.29, 1.82) is 0 Å². The van der Waals surface area contributed by atoms with E-state index in [-0.39, 0.29) is 41.2 Å². The number of benzene rings is 1. The maximum Gasteiger partial charge on any atom is 0.273 e. The van der Waals surface area contributed by atoms with E-state index in [1.54, 1.807) is 12.1 Å². The fourth-order valence-electron chi connectivity index (χ4n) is 4.41. The van der Waals surface area contributed by atoms with E-state index in [4.69, 9.17) is 0 Å². The molecule has 8 heteroatoms. The number of piperidine rings is 1. The largest absolute Gasteiger partial charge is 0.348 e. The first-order valence-corrected chi connectivity index (χ1v) is 11.3. The zero-order valence-electron chi connectivity index (χ0n) is 18.3. The summed E-state index contributed by atoms with van der Waals surface area (Å²) in [7, 11) is 0. The summed E-state index contributed by atoms with van der Waals surface area (Å²) in [5, 5.41) is 5.69. The molecule has 0 spiro atoms. The van der Waals surface area contributed by atoms with E-state index < -0.39 is 0 Å². The van der Waals surface area contributed by atoms with Crippen molar-refractivity contribution < 1.29 is 14.4 Å². The average Bonchev–Trinajstić information content (AvgIpc) is 3.35. The number of aryl methyl sites for hydroxylation is 1. The molecule has 2 heterocycles. The van der Waals surface area contributed by atoms with Crippen molar-refractivity contribution in [3.63, 3.8) is 0 Å². The van der Waals surface area contributed by atoms with Crippen LogP contribution in [0.25, 0.3) is 0 Å². The maximum atomic E-state index is 12.9. The third kappa shape index (κ3) is 5.12. The molecular formula is C24H29N5O3. The second-order valence-corrected chi connectivity index (χ2v) is 8.63. The van der Waals surface area contributed by atoms with E-state index in [0.717, 1.165) is 31.2 Å². The van der Waals surface area contributed by atoms with Crippen molar-refractivity contribution in [3.8, 4) is 0 Å². The molecule has 1 aromatic heterocycles.